The third-order valence-corrected chi connectivity index (χ3v) is 2.51. The Hall–Kier alpha value is -0.0800. The lowest BCUT2D eigenvalue weighted by atomic mass is 10.1. The highest BCUT2D eigenvalue weighted by Gasteiger charge is 2.27. The molecule has 0 saturated carbocycles. The standard InChI is InChI=1S/C8H18N2/c1-4-9(3)8-6-10(5-2)7-8/h8H,4-7H2,1-3H3. The SMILES string of the molecule is CCN1CC(N(C)CC)C1. The normalized spacial score (nSPS) is 21.6. The maximum Gasteiger partial charge on any atom is 0.0347 e. The van der Waals surface area contributed by atoms with E-state index in [1.54, 1.807) is 0 Å². The second-order valence-corrected chi connectivity index (χ2v) is 3.08. The molecule has 1 aliphatic heterocycles. The van der Waals surface area contributed by atoms with Crippen molar-refractivity contribution in [2.75, 3.05) is 33.2 Å². The molecule has 0 atom stereocenters. The van der Waals surface area contributed by atoms with Gasteiger partial charge in [-0.25, -0.2) is 0 Å². The summed E-state index contributed by atoms with van der Waals surface area (Å²) in [4.78, 5) is 4.89. The number of likely N-dealkylation sites (N-methyl/N-ethyl adjacent to an activating group) is 2. The molecule has 0 aromatic carbocycles. The fraction of sp³-hybridized carbons (Fsp3) is 1.00. The molecular weight excluding hydrogens is 124 g/mol. The third-order valence-electron chi connectivity index (χ3n) is 2.51. The molecule has 0 N–H and O–H groups in total. The van der Waals surface area contributed by atoms with Gasteiger partial charge in [0.2, 0.25) is 0 Å². The van der Waals surface area contributed by atoms with Crippen molar-refractivity contribution in [1.29, 1.82) is 0 Å². The van der Waals surface area contributed by atoms with Crippen LogP contribution in [0.1, 0.15) is 13.8 Å². The van der Waals surface area contributed by atoms with Crippen molar-refractivity contribution < 1.29 is 0 Å². The lowest BCUT2D eigenvalue weighted by molar-refractivity contribution is 0.0570. The minimum absolute atomic E-state index is 0.838. The molecule has 0 aliphatic carbocycles. The molecule has 0 unspecified atom stereocenters. The van der Waals surface area contributed by atoms with Gasteiger partial charge >= 0.3 is 0 Å². The molecule has 2 nitrogen and oxygen atoms in total. The number of rotatable bonds is 3. The van der Waals surface area contributed by atoms with Crippen LogP contribution in [-0.2, 0) is 0 Å². The van der Waals surface area contributed by atoms with Gasteiger partial charge in [0.15, 0.2) is 0 Å². The van der Waals surface area contributed by atoms with Crippen molar-refractivity contribution in [1.82, 2.24) is 9.80 Å². The van der Waals surface area contributed by atoms with Crippen LogP contribution >= 0.6 is 0 Å². The summed E-state index contributed by atoms with van der Waals surface area (Å²) in [6.45, 7) is 9.40. The first kappa shape index (κ1) is 8.02. The Morgan fingerprint density at radius 1 is 1.40 bits per heavy atom. The Balaban J connectivity index is 2.13. The molecule has 0 aromatic heterocycles. The molecule has 10 heavy (non-hydrogen) atoms. The topological polar surface area (TPSA) is 6.48 Å². The highest BCUT2D eigenvalue weighted by atomic mass is 15.3. The minimum atomic E-state index is 0.838. The predicted octanol–water partition coefficient (Wildman–Crippen LogP) is 0.642. The van der Waals surface area contributed by atoms with Crippen molar-refractivity contribution in [3.05, 3.63) is 0 Å². The zero-order valence-corrected chi connectivity index (χ0v) is 7.30. The van der Waals surface area contributed by atoms with Gasteiger partial charge in [0.05, 0.1) is 0 Å². The maximum atomic E-state index is 2.47. The summed E-state index contributed by atoms with van der Waals surface area (Å²) in [5.41, 5.74) is 0. The second kappa shape index (κ2) is 3.35. The Bertz CT molecular complexity index is 97.4. The van der Waals surface area contributed by atoms with Crippen molar-refractivity contribution in [3.8, 4) is 0 Å². The van der Waals surface area contributed by atoms with Crippen LogP contribution in [0.15, 0.2) is 0 Å². The van der Waals surface area contributed by atoms with Crippen LogP contribution in [0.5, 0.6) is 0 Å². The van der Waals surface area contributed by atoms with Crippen molar-refractivity contribution >= 4 is 0 Å². The number of likely N-dealkylation sites (tertiary alicyclic amines) is 1. The van der Waals surface area contributed by atoms with Crippen LogP contribution in [0.25, 0.3) is 0 Å². The van der Waals surface area contributed by atoms with Gasteiger partial charge in [0.25, 0.3) is 0 Å². The van der Waals surface area contributed by atoms with E-state index in [4.69, 9.17) is 0 Å². The molecule has 1 fully saturated rings. The lowest BCUT2D eigenvalue weighted by Gasteiger charge is -2.43. The molecule has 60 valence electrons. The molecule has 0 amide bonds. The van der Waals surface area contributed by atoms with E-state index >= 15 is 0 Å². The highest BCUT2D eigenvalue weighted by Crippen LogP contribution is 2.11. The Labute approximate surface area is 63.8 Å². The highest BCUT2D eigenvalue weighted by molar-refractivity contribution is 4.85. The van der Waals surface area contributed by atoms with Crippen LogP contribution in [0.3, 0.4) is 0 Å². The Morgan fingerprint density at radius 3 is 2.40 bits per heavy atom. The van der Waals surface area contributed by atoms with Gasteiger partial charge in [-0.15, -0.1) is 0 Å². The molecule has 0 spiro atoms. The van der Waals surface area contributed by atoms with Gasteiger partial charge in [-0.1, -0.05) is 13.8 Å². The van der Waals surface area contributed by atoms with E-state index in [1.165, 1.54) is 26.2 Å². The maximum absolute atomic E-state index is 2.47. The number of hydrogen-bond donors (Lipinski definition) is 0. The van der Waals surface area contributed by atoms with E-state index in [0.717, 1.165) is 6.04 Å². The van der Waals surface area contributed by atoms with E-state index in [9.17, 15) is 0 Å². The third kappa shape index (κ3) is 1.50. The zero-order chi connectivity index (χ0) is 7.56. The van der Waals surface area contributed by atoms with Gasteiger partial charge in [0.1, 0.15) is 0 Å². The predicted molar refractivity (Wildman–Crippen MR) is 44.2 cm³/mol. The van der Waals surface area contributed by atoms with Crippen LogP contribution < -0.4 is 0 Å². The fourth-order valence-electron chi connectivity index (χ4n) is 1.34. The van der Waals surface area contributed by atoms with Crippen molar-refractivity contribution in [2.45, 2.75) is 19.9 Å². The first-order valence-electron chi connectivity index (χ1n) is 4.20. The smallest absolute Gasteiger partial charge is 0.0347 e. The summed E-state index contributed by atoms with van der Waals surface area (Å²) < 4.78 is 0. The van der Waals surface area contributed by atoms with Crippen LogP contribution in [0.2, 0.25) is 0 Å². The van der Waals surface area contributed by atoms with E-state index in [1.807, 2.05) is 0 Å². The van der Waals surface area contributed by atoms with Crippen molar-refractivity contribution in [2.24, 2.45) is 0 Å². The average Bonchev–Trinajstić information content (AvgIpc) is 1.85. The van der Waals surface area contributed by atoms with Gasteiger partial charge in [-0.05, 0) is 20.1 Å². The lowest BCUT2D eigenvalue weighted by Crippen LogP contribution is -2.57. The number of nitrogens with zero attached hydrogens (tertiary/aromatic N) is 2. The van der Waals surface area contributed by atoms with E-state index in [0.29, 0.717) is 0 Å². The van der Waals surface area contributed by atoms with Gasteiger partial charge < -0.3 is 9.80 Å². The van der Waals surface area contributed by atoms with E-state index in [-0.39, 0.29) is 0 Å². The summed E-state index contributed by atoms with van der Waals surface area (Å²) >= 11 is 0. The monoisotopic (exact) mass is 142 g/mol. The second-order valence-electron chi connectivity index (χ2n) is 3.08. The summed E-state index contributed by atoms with van der Waals surface area (Å²) in [6, 6.07) is 0.838. The first-order chi connectivity index (χ1) is 4.77. The summed E-state index contributed by atoms with van der Waals surface area (Å²) in [6.07, 6.45) is 0. The van der Waals surface area contributed by atoms with Crippen LogP contribution in [0.4, 0.5) is 0 Å². The van der Waals surface area contributed by atoms with E-state index in [2.05, 4.69) is 30.7 Å². The molecule has 1 rings (SSSR count). The van der Waals surface area contributed by atoms with Gasteiger partial charge in [-0.2, -0.15) is 0 Å². The summed E-state index contributed by atoms with van der Waals surface area (Å²) in [5.74, 6) is 0. The minimum Gasteiger partial charge on any atom is -0.301 e. The fourth-order valence-corrected chi connectivity index (χ4v) is 1.34. The molecule has 1 heterocycles. The Kier molecular flexibility index (Phi) is 2.69. The molecule has 0 radical (unpaired) electrons. The number of hydrogen-bond acceptors (Lipinski definition) is 2. The van der Waals surface area contributed by atoms with Crippen molar-refractivity contribution in [3.63, 3.8) is 0 Å². The quantitative estimate of drug-likeness (QED) is 0.570. The summed E-state index contributed by atoms with van der Waals surface area (Å²) in [7, 11) is 2.21. The molecule has 0 bridgehead atoms. The zero-order valence-electron chi connectivity index (χ0n) is 7.30. The average molecular weight is 142 g/mol. The summed E-state index contributed by atoms with van der Waals surface area (Å²) in [5, 5.41) is 0. The largest absolute Gasteiger partial charge is 0.301 e. The molecule has 1 aliphatic rings. The van der Waals surface area contributed by atoms with E-state index < -0.39 is 0 Å². The molecule has 0 aromatic rings. The first-order valence-corrected chi connectivity index (χ1v) is 4.20. The van der Waals surface area contributed by atoms with Crippen LogP contribution in [-0.4, -0.2) is 49.1 Å². The van der Waals surface area contributed by atoms with Crippen LogP contribution in [0, 0.1) is 0 Å². The molecule has 1 saturated heterocycles. The van der Waals surface area contributed by atoms with Gasteiger partial charge in [0, 0.05) is 19.1 Å². The molecular formula is C8H18N2. The Morgan fingerprint density at radius 2 is 2.00 bits per heavy atom. The van der Waals surface area contributed by atoms with Gasteiger partial charge in [-0.3, -0.25) is 0 Å². The molecule has 2 heteroatoms.